The largest absolute Gasteiger partial charge is 0.342 e. The van der Waals surface area contributed by atoms with E-state index < -0.39 is 0 Å². The van der Waals surface area contributed by atoms with Crippen molar-refractivity contribution in [2.24, 2.45) is 11.8 Å². The Morgan fingerprint density at radius 1 is 1.00 bits per heavy atom. The zero-order chi connectivity index (χ0) is 21.8. The molecule has 10 heteroatoms. The van der Waals surface area contributed by atoms with E-state index in [1.807, 2.05) is 4.90 Å². The Morgan fingerprint density at radius 3 is 2.42 bits per heavy atom. The minimum atomic E-state index is -0.197. The molecule has 1 aromatic carbocycles. The van der Waals surface area contributed by atoms with Crippen molar-refractivity contribution in [2.45, 2.75) is 25.7 Å². The predicted octanol–water partition coefficient (Wildman–Crippen LogP) is 2.92. The number of anilines is 1. The second-order valence-corrected chi connectivity index (χ2v) is 9.20. The standard InChI is InChI=1S/C21H24ClN5O3S/c22-17-5-3-15(4-6-17)19(29)27-9-1-2-16(12-27)20(30)26-10-7-14(8-11-26)18(28)24-21-25-23-13-31-21/h3-6,13-14,16H,1-2,7-12H2,(H,24,25,28). The van der Waals surface area contributed by atoms with Crippen LogP contribution in [0.1, 0.15) is 36.0 Å². The minimum absolute atomic E-state index is 0.0683. The summed E-state index contributed by atoms with van der Waals surface area (Å²) in [6, 6.07) is 6.83. The molecule has 0 bridgehead atoms. The van der Waals surface area contributed by atoms with Gasteiger partial charge in [-0.25, -0.2) is 0 Å². The van der Waals surface area contributed by atoms with Crippen molar-refractivity contribution in [2.75, 3.05) is 31.5 Å². The number of carbonyl (C=O) groups excluding carboxylic acids is 3. The summed E-state index contributed by atoms with van der Waals surface area (Å²) in [7, 11) is 0. The molecule has 31 heavy (non-hydrogen) atoms. The second-order valence-electron chi connectivity index (χ2n) is 7.93. The van der Waals surface area contributed by atoms with Gasteiger partial charge in [-0.05, 0) is 49.9 Å². The maximum absolute atomic E-state index is 13.1. The average Bonchev–Trinajstić information content (AvgIpc) is 3.32. The summed E-state index contributed by atoms with van der Waals surface area (Å²) in [4.78, 5) is 41.9. The lowest BCUT2D eigenvalue weighted by molar-refractivity contribution is -0.139. The molecule has 1 unspecified atom stereocenters. The zero-order valence-corrected chi connectivity index (χ0v) is 18.6. The van der Waals surface area contributed by atoms with E-state index in [0.29, 0.717) is 54.7 Å². The third-order valence-corrected chi connectivity index (χ3v) is 6.78. The molecule has 0 saturated carbocycles. The van der Waals surface area contributed by atoms with Crippen LogP contribution < -0.4 is 5.32 Å². The molecule has 2 aliphatic heterocycles. The Kier molecular flexibility index (Phi) is 6.82. The van der Waals surface area contributed by atoms with Crippen molar-refractivity contribution >= 4 is 45.8 Å². The van der Waals surface area contributed by atoms with Gasteiger partial charge in [0.1, 0.15) is 5.51 Å². The fourth-order valence-electron chi connectivity index (χ4n) is 4.19. The highest BCUT2D eigenvalue weighted by molar-refractivity contribution is 7.13. The molecular formula is C21H24ClN5O3S. The smallest absolute Gasteiger partial charge is 0.253 e. The summed E-state index contributed by atoms with van der Waals surface area (Å²) in [5.41, 5.74) is 2.15. The first-order valence-corrected chi connectivity index (χ1v) is 11.7. The first-order chi connectivity index (χ1) is 15.0. The first-order valence-electron chi connectivity index (χ1n) is 10.4. The van der Waals surface area contributed by atoms with Gasteiger partial charge in [0, 0.05) is 42.7 Å². The lowest BCUT2D eigenvalue weighted by Gasteiger charge is -2.37. The summed E-state index contributed by atoms with van der Waals surface area (Å²) < 4.78 is 0. The fraction of sp³-hybridized carbons (Fsp3) is 0.476. The Labute approximate surface area is 189 Å². The molecule has 164 valence electrons. The zero-order valence-electron chi connectivity index (χ0n) is 17.0. The van der Waals surface area contributed by atoms with Gasteiger partial charge < -0.3 is 15.1 Å². The quantitative estimate of drug-likeness (QED) is 0.755. The van der Waals surface area contributed by atoms with Crippen LogP contribution in [0.4, 0.5) is 5.13 Å². The second kappa shape index (κ2) is 9.74. The number of likely N-dealkylation sites (tertiary alicyclic amines) is 2. The molecule has 0 aliphatic carbocycles. The number of halogens is 1. The number of nitrogens with zero attached hydrogens (tertiary/aromatic N) is 4. The van der Waals surface area contributed by atoms with Crippen LogP contribution in [0.25, 0.3) is 0 Å². The molecule has 1 N–H and O–H groups in total. The molecule has 0 radical (unpaired) electrons. The third-order valence-electron chi connectivity index (χ3n) is 5.92. The van der Waals surface area contributed by atoms with Crippen LogP contribution in [0.5, 0.6) is 0 Å². The highest BCUT2D eigenvalue weighted by Gasteiger charge is 2.34. The fourth-order valence-corrected chi connectivity index (χ4v) is 4.77. The summed E-state index contributed by atoms with van der Waals surface area (Å²) in [6.07, 6.45) is 2.82. The highest BCUT2D eigenvalue weighted by atomic mass is 35.5. The average molecular weight is 462 g/mol. The van der Waals surface area contributed by atoms with Crippen molar-refractivity contribution < 1.29 is 14.4 Å². The summed E-state index contributed by atoms with van der Waals surface area (Å²) in [5.74, 6) is -0.391. The van der Waals surface area contributed by atoms with Crippen molar-refractivity contribution in [1.29, 1.82) is 0 Å². The van der Waals surface area contributed by atoms with Gasteiger partial charge in [-0.2, -0.15) is 0 Å². The Balaban J connectivity index is 1.29. The van der Waals surface area contributed by atoms with Gasteiger partial charge >= 0.3 is 0 Å². The van der Waals surface area contributed by atoms with E-state index in [0.717, 1.165) is 12.8 Å². The Hall–Kier alpha value is -2.52. The van der Waals surface area contributed by atoms with Crippen molar-refractivity contribution in [1.82, 2.24) is 20.0 Å². The van der Waals surface area contributed by atoms with E-state index in [2.05, 4.69) is 15.5 Å². The molecule has 2 fully saturated rings. The molecule has 8 nitrogen and oxygen atoms in total. The van der Waals surface area contributed by atoms with Gasteiger partial charge in [0.05, 0.1) is 5.92 Å². The van der Waals surface area contributed by atoms with Gasteiger partial charge in [-0.3, -0.25) is 14.4 Å². The highest BCUT2D eigenvalue weighted by Crippen LogP contribution is 2.25. The number of hydrogen-bond donors (Lipinski definition) is 1. The normalized spacial score (nSPS) is 19.8. The minimum Gasteiger partial charge on any atom is -0.342 e. The molecule has 3 amide bonds. The van der Waals surface area contributed by atoms with E-state index in [9.17, 15) is 14.4 Å². The van der Waals surface area contributed by atoms with Crippen LogP contribution in [0.15, 0.2) is 29.8 Å². The van der Waals surface area contributed by atoms with Crippen molar-refractivity contribution in [3.63, 3.8) is 0 Å². The van der Waals surface area contributed by atoms with Crippen LogP contribution in [0, 0.1) is 11.8 Å². The topological polar surface area (TPSA) is 95.5 Å². The lowest BCUT2D eigenvalue weighted by atomic mass is 9.92. The van der Waals surface area contributed by atoms with Crippen molar-refractivity contribution in [3.8, 4) is 0 Å². The predicted molar refractivity (Wildman–Crippen MR) is 118 cm³/mol. The molecule has 1 aromatic heterocycles. The SMILES string of the molecule is O=C(Nc1nncs1)C1CCN(C(=O)C2CCCN(C(=O)c3ccc(Cl)cc3)C2)CC1. The van der Waals surface area contributed by atoms with Gasteiger partial charge in [0.25, 0.3) is 5.91 Å². The summed E-state index contributed by atoms with van der Waals surface area (Å²) in [6.45, 7) is 2.18. The maximum Gasteiger partial charge on any atom is 0.253 e. The molecule has 2 aliphatic rings. The van der Waals surface area contributed by atoms with Crippen LogP contribution in [-0.2, 0) is 9.59 Å². The number of piperidine rings is 2. The maximum atomic E-state index is 13.1. The number of carbonyl (C=O) groups is 3. The van der Waals surface area contributed by atoms with Gasteiger partial charge in [0.2, 0.25) is 16.9 Å². The lowest BCUT2D eigenvalue weighted by Crippen LogP contribution is -2.49. The Bertz CT molecular complexity index is 929. The molecule has 3 heterocycles. The van der Waals surface area contributed by atoms with E-state index in [4.69, 9.17) is 11.6 Å². The third kappa shape index (κ3) is 5.22. The van der Waals surface area contributed by atoms with Gasteiger partial charge in [-0.1, -0.05) is 22.9 Å². The van der Waals surface area contributed by atoms with E-state index in [1.165, 1.54) is 11.3 Å². The van der Waals surface area contributed by atoms with Crippen LogP contribution >= 0.6 is 22.9 Å². The molecule has 4 rings (SSSR count). The number of benzene rings is 1. The number of rotatable bonds is 4. The van der Waals surface area contributed by atoms with E-state index in [1.54, 1.807) is 34.7 Å². The number of aromatic nitrogens is 2. The van der Waals surface area contributed by atoms with Gasteiger partial charge in [0.15, 0.2) is 0 Å². The Morgan fingerprint density at radius 2 is 1.74 bits per heavy atom. The van der Waals surface area contributed by atoms with Crippen LogP contribution in [0.3, 0.4) is 0 Å². The number of nitrogens with one attached hydrogen (secondary N) is 1. The molecule has 2 aromatic rings. The summed E-state index contributed by atoms with van der Waals surface area (Å²) >= 11 is 7.20. The monoisotopic (exact) mass is 461 g/mol. The number of amides is 3. The molecule has 0 spiro atoms. The first kappa shape index (κ1) is 21.7. The van der Waals surface area contributed by atoms with Crippen LogP contribution in [-0.4, -0.2) is 63.9 Å². The molecule has 1 atom stereocenters. The van der Waals surface area contributed by atoms with Crippen molar-refractivity contribution in [3.05, 3.63) is 40.4 Å². The summed E-state index contributed by atoms with van der Waals surface area (Å²) in [5, 5.41) is 11.4. The molecule has 2 saturated heterocycles. The number of hydrogen-bond acceptors (Lipinski definition) is 6. The van der Waals surface area contributed by atoms with Gasteiger partial charge in [-0.15, -0.1) is 10.2 Å². The van der Waals surface area contributed by atoms with E-state index in [-0.39, 0.29) is 29.6 Å². The van der Waals surface area contributed by atoms with Crippen LogP contribution in [0.2, 0.25) is 5.02 Å². The molecular weight excluding hydrogens is 438 g/mol. The van der Waals surface area contributed by atoms with E-state index >= 15 is 0 Å².